The number of rotatable bonds is 3. The highest BCUT2D eigenvalue weighted by atomic mass is 16.4. The highest BCUT2D eigenvalue weighted by molar-refractivity contribution is 5.76. The van der Waals surface area contributed by atoms with Crippen molar-refractivity contribution < 1.29 is 14.7 Å². The predicted octanol–water partition coefficient (Wildman–Crippen LogP) is 1.93. The number of urea groups is 1. The largest absolute Gasteiger partial charge is 0.481 e. The van der Waals surface area contributed by atoms with Gasteiger partial charge in [-0.15, -0.1) is 0 Å². The third-order valence-electron chi connectivity index (χ3n) is 5.46. The average Bonchev–Trinajstić information content (AvgIpc) is 3.07. The van der Waals surface area contributed by atoms with Gasteiger partial charge in [0, 0.05) is 19.6 Å². The van der Waals surface area contributed by atoms with E-state index in [0.29, 0.717) is 25.4 Å². The van der Waals surface area contributed by atoms with Gasteiger partial charge in [0.1, 0.15) is 0 Å². The maximum absolute atomic E-state index is 12.2. The van der Waals surface area contributed by atoms with Crippen molar-refractivity contribution in [1.29, 1.82) is 0 Å². The van der Waals surface area contributed by atoms with Crippen LogP contribution < -0.4 is 5.32 Å². The summed E-state index contributed by atoms with van der Waals surface area (Å²) < 4.78 is 0. The molecule has 5 nitrogen and oxygen atoms in total. The monoisotopic (exact) mass is 280 g/mol. The lowest BCUT2D eigenvalue weighted by Gasteiger charge is -2.31. The lowest BCUT2D eigenvalue weighted by molar-refractivity contribution is -0.143. The maximum atomic E-state index is 12.2. The van der Waals surface area contributed by atoms with E-state index in [0.717, 1.165) is 24.8 Å². The van der Waals surface area contributed by atoms with Crippen molar-refractivity contribution in [2.24, 2.45) is 23.7 Å². The number of carbonyl (C=O) groups excluding carboxylic acids is 1. The first-order chi connectivity index (χ1) is 9.63. The highest BCUT2D eigenvalue weighted by Gasteiger charge is 2.39. The molecule has 1 aliphatic heterocycles. The lowest BCUT2D eigenvalue weighted by Crippen LogP contribution is -2.48. The van der Waals surface area contributed by atoms with Crippen molar-refractivity contribution in [2.45, 2.75) is 38.5 Å². The number of nitrogens with zero attached hydrogens (tertiary/aromatic N) is 1. The fourth-order valence-electron chi connectivity index (χ4n) is 4.32. The Morgan fingerprint density at radius 3 is 2.70 bits per heavy atom. The number of nitrogens with one attached hydrogen (secondary N) is 1. The van der Waals surface area contributed by atoms with Crippen LogP contribution in [0.3, 0.4) is 0 Å². The van der Waals surface area contributed by atoms with Crippen LogP contribution in [0.4, 0.5) is 4.79 Å². The van der Waals surface area contributed by atoms with E-state index in [-0.39, 0.29) is 6.03 Å². The molecule has 2 amide bonds. The molecule has 2 N–H and O–H groups in total. The molecule has 2 bridgehead atoms. The van der Waals surface area contributed by atoms with Crippen LogP contribution in [0.1, 0.15) is 38.5 Å². The standard InChI is InChI=1S/C15H24N2O3/c18-14(19)12-2-1-5-17(9-12)15(20)16-8-13-7-10-3-4-11(13)6-10/h10-13H,1-9H2,(H,16,20)(H,18,19)/t10?,11?,12-,13?/m0/s1. The van der Waals surface area contributed by atoms with Crippen molar-refractivity contribution in [1.82, 2.24) is 10.2 Å². The van der Waals surface area contributed by atoms with Crippen LogP contribution in [0.25, 0.3) is 0 Å². The summed E-state index contributed by atoms with van der Waals surface area (Å²) in [5.41, 5.74) is 0. The molecule has 0 aromatic heterocycles. The minimum absolute atomic E-state index is 0.0706. The molecule has 3 fully saturated rings. The minimum atomic E-state index is -0.782. The van der Waals surface area contributed by atoms with Gasteiger partial charge in [-0.1, -0.05) is 6.42 Å². The van der Waals surface area contributed by atoms with Gasteiger partial charge in [-0.25, -0.2) is 4.79 Å². The second-order valence-corrected chi connectivity index (χ2v) is 6.74. The molecule has 0 aromatic rings. The Labute approximate surface area is 119 Å². The SMILES string of the molecule is O=C(O)[C@H]1CCCN(C(=O)NCC2CC3CCC2C3)C1. The molecule has 3 unspecified atom stereocenters. The van der Waals surface area contributed by atoms with Crippen LogP contribution in [0.2, 0.25) is 0 Å². The molecule has 3 rings (SSSR count). The molecular formula is C15H24N2O3. The van der Waals surface area contributed by atoms with Gasteiger partial charge in [0.15, 0.2) is 0 Å². The zero-order valence-corrected chi connectivity index (χ0v) is 11.9. The molecular weight excluding hydrogens is 256 g/mol. The summed E-state index contributed by atoms with van der Waals surface area (Å²) in [5.74, 6) is 1.19. The maximum Gasteiger partial charge on any atom is 0.317 e. The van der Waals surface area contributed by atoms with Crippen LogP contribution in [-0.4, -0.2) is 41.6 Å². The van der Waals surface area contributed by atoms with Gasteiger partial charge in [-0.3, -0.25) is 4.79 Å². The van der Waals surface area contributed by atoms with Crippen LogP contribution in [0, 0.1) is 23.7 Å². The Bertz CT molecular complexity index is 399. The minimum Gasteiger partial charge on any atom is -0.481 e. The van der Waals surface area contributed by atoms with Gasteiger partial charge in [0.25, 0.3) is 0 Å². The Morgan fingerprint density at radius 1 is 1.20 bits per heavy atom. The number of aliphatic carboxylic acids is 1. The van der Waals surface area contributed by atoms with E-state index in [1.54, 1.807) is 4.90 Å². The number of piperidine rings is 1. The molecule has 0 aromatic carbocycles. The van der Waals surface area contributed by atoms with Crippen LogP contribution in [0.5, 0.6) is 0 Å². The van der Waals surface area contributed by atoms with E-state index >= 15 is 0 Å². The van der Waals surface area contributed by atoms with Crippen molar-refractivity contribution in [3.63, 3.8) is 0 Å². The fourth-order valence-corrected chi connectivity index (χ4v) is 4.32. The third kappa shape index (κ3) is 2.76. The van der Waals surface area contributed by atoms with E-state index in [9.17, 15) is 9.59 Å². The zero-order chi connectivity index (χ0) is 14.1. The normalized spacial score (nSPS) is 36.1. The first-order valence-corrected chi connectivity index (χ1v) is 7.89. The van der Waals surface area contributed by atoms with Gasteiger partial charge in [0.05, 0.1) is 5.92 Å². The average molecular weight is 280 g/mol. The van der Waals surface area contributed by atoms with E-state index in [1.807, 2.05) is 0 Å². The first-order valence-electron chi connectivity index (χ1n) is 7.89. The summed E-state index contributed by atoms with van der Waals surface area (Å²) in [5, 5.41) is 12.1. The number of carboxylic acids is 1. The number of likely N-dealkylation sites (tertiary alicyclic amines) is 1. The smallest absolute Gasteiger partial charge is 0.317 e. The van der Waals surface area contributed by atoms with Crippen LogP contribution in [0.15, 0.2) is 0 Å². The predicted molar refractivity (Wildman–Crippen MR) is 74.3 cm³/mol. The van der Waals surface area contributed by atoms with Gasteiger partial charge >= 0.3 is 12.0 Å². The molecule has 0 radical (unpaired) electrons. The number of hydrogen-bond acceptors (Lipinski definition) is 2. The van der Waals surface area contributed by atoms with Gasteiger partial charge in [-0.05, 0) is 49.9 Å². The van der Waals surface area contributed by atoms with Crippen LogP contribution >= 0.6 is 0 Å². The van der Waals surface area contributed by atoms with E-state index in [1.165, 1.54) is 25.7 Å². The highest BCUT2D eigenvalue weighted by Crippen LogP contribution is 2.47. The fraction of sp³-hybridized carbons (Fsp3) is 0.867. The molecule has 0 spiro atoms. The molecule has 2 saturated carbocycles. The molecule has 1 heterocycles. The summed E-state index contributed by atoms with van der Waals surface area (Å²) in [6, 6.07) is -0.0706. The Balaban J connectivity index is 1.45. The van der Waals surface area contributed by atoms with E-state index in [2.05, 4.69) is 5.32 Å². The molecule has 112 valence electrons. The van der Waals surface area contributed by atoms with Crippen molar-refractivity contribution >= 4 is 12.0 Å². The third-order valence-corrected chi connectivity index (χ3v) is 5.46. The zero-order valence-electron chi connectivity index (χ0n) is 11.9. The number of hydrogen-bond donors (Lipinski definition) is 2. The second-order valence-electron chi connectivity index (χ2n) is 6.74. The summed E-state index contributed by atoms with van der Waals surface area (Å²) in [4.78, 5) is 24.8. The van der Waals surface area contributed by atoms with Gasteiger partial charge in [-0.2, -0.15) is 0 Å². The van der Waals surface area contributed by atoms with Crippen molar-refractivity contribution in [3.8, 4) is 0 Å². The number of carboxylic acid groups (broad SMARTS) is 1. The summed E-state index contributed by atoms with van der Waals surface area (Å²) in [6.45, 7) is 1.82. The molecule has 20 heavy (non-hydrogen) atoms. The molecule has 4 atom stereocenters. The molecule has 5 heteroatoms. The second kappa shape index (κ2) is 5.62. The van der Waals surface area contributed by atoms with Crippen molar-refractivity contribution in [3.05, 3.63) is 0 Å². The van der Waals surface area contributed by atoms with Crippen molar-refractivity contribution in [2.75, 3.05) is 19.6 Å². The van der Waals surface area contributed by atoms with E-state index < -0.39 is 11.9 Å². The number of fused-ring (bicyclic) bond motifs is 2. The molecule has 3 aliphatic rings. The first kappa shape index (κ1) is 13.7. The summed E-state index contributed by atoms with van der Waals surface area (Å²) in [7, 11) is 0. The molecule has 2 aliphatic carbocycles. The Morgan fingerprint density at radius 2 is 2.05 bits per heavy atom. The summed E-state index contributed by atoms with van der Waals surface area (Å²) >= 11 is 0. The lowest BCUT2D eigenvalue weighted by atomic mass is 9.89. The topological polar surface area (TPSA) is 69.6 Å². The summed E-state index contributed by atoms with van der Waals surface area (Å²) in [6.07, 6.45) is 6.80. The molecule has 1 saturated heterocycles. The number of amides is 2. The quantitative estimate of drug-likeness (QED) is 0.830. The Kier molecular flexibility index (Phi) is 3.85. The Hall–Kier alpha value is -1.26. The van der Waals surface area contributed by atoms with E-state index in [4.69, 9.17) is 5.11 Å². The number of carbonyl (C=O) groups is 2. The van der Waals surface area contributed by atoms with Gasteiger partial charge in [0.2, 0.25) is 0 Å². The van der Waals surface area contributed by atoms with Crippen LogP contribution in [-0.2, 0) is 4.79 Å². The van der Waals surface area contributed by atoms with Gasteiger partial charge < -0.3 is 15.3 Å².